The minimum absolute atomic E-state index is 0.0966. The van der Waals surface area contributed by atoms with Gasteiger partial charge in [0.1, 0.15) is 18.8 Å². The summed E-state index contributed by atoms with van der Waals surface area (Å²) in [5.74, 6) is 1.91. The highest BCUT2D eigenvalue weighted by Gasteiger charge is 2.37. The van der Waals surface area contributed by atoms with Crippen LogP contribution in [0.15, 0.2) is 83.2 Å². The number of carbonyl (C=O) groups is 1. The average Bonchev–Trinajstić information content (AvgIpc) is 3.46. The van der Waals surface area contributed by atoms with Crippen LogP contribution in [-0.4, -0.2) is 33.4 Å². The Hall–Kier alpha value is -3.66. The van der Waals surface area contributed by atoms with E-state index in [1.165, 1.54) is 18.2 Å². The fourth-order valence-corrected chi connectivity index (χ4v) is 7.08. The Morgan fingerprint density at radius 1 is 0.957 bits per heavy atom. The van der Waals surface area contributed by atoms with Crippen LogP contribution in [-0.2, 0) is 21.9 Å². The molecule has 2 aliphatic rings. The first-order valence-corrected chi connectivity index (χ1v) is 17.3. The van der Waals surface area contributed by atoms with Crippen LogP contribution >= 0.6 is 35.0 Å². The monoisotopic (exact) mass is 678 g/mol. The number of allylic oxidation sites excluding steroid dienone is 1. The molecule has 1 unspecified atom stereocenters. The highest BCUT2D eigenvalue weighted by Crippen LogP contribution is 2.41. The molecule has 0 saturated heterocycles. The Morgan fingerprint density at radius 3 is 2.39 bits per heavy atom. The zero-order valence-corrected chi connectivity index (χ0v) is 28.1. The van der Waals surface area contributed by atoms with E-state index in [9.17, 15) is 4.79 Å². The number of nitrogens with zero attached hydrogens (tertiary/aromatic N) is 3. The van der Waals surface area contributed by atoms with Gasteiger partial charge in [-0.05, 0) is 74.9 Å². The number of hydrogen-bond donors (Lipinski definition) is 1. The van der Waals surface area contributed by atoms with Crippen molar-refractivity contribution in [2.24, 2.45) is 0 Å². The Labute approximate surface area is 283 Å². The number of nitrogens with one attached hydrogen (secondary N) is 1. The SMILES string of the molecule is CCOc1cc(C2C(C(=O)OC3CCCCC3)=C(C)Nc3nc(SCc4ccccc4Cl)nn32)ccc1OCc1ccccc1Cl. The number of esters is 1. The summed E-state index contributed by atoms with van der Waals surface area (Å²) in [7, 11) is 0. The molecule has 0 spiro atoms. The summed E-state index contributed by atoms with van der Waals surface area (Å²) in [6, 6.07) is 20.4. The van der Waals surface area contributed by atoms with Gasteiger partial charge in [-0.2, -0.15) is 4.98 Å². The summed E-state index contributed by atoms with van der Waals surface area (Å²) in [5, 5.41) is 10.1. The van der Waals surface area contributed by atoms with Crippen molar-refractivity contribution in [3.63, 3.8) is 0 Å². The number of hydrogen-bond acceptors (Lipinski definition) is 8. The fraction of sp³-hybridized carbons (Fsp3) is 0.343. The first-order chi connectivity index (χ1) is 22.4. The lowest BCUT2D eigenvalue weighted by Crippen LogP contribution is -2.32. The number of anilines is 1. The van der Waals surface area contributed by atoms with Crippen molar-refractivity contribution < 1.29 is 19.0 Å². The number of benzene rings is 3. The molecular weight excluding hydrogens is 643 g/mol. The van der Waals surface area contributed by atoms with Crippen LogP contribution in [0, 0.1) is 0 Å². The van der Waals surface area contributed by atoms with Crippen LogP contribution in [0.1, 0.15) is 68.7 Å². The third-order valence-electron chi connectivity index (χ3n) is 8.12. The standard InChI is InChI=1S/C35H36Cl2N4O4S/c1-3-43-30-19-23(17-18-29(30)44-20-24-11-7-9-15-27(24)36)32-31(33(42)45-26-13-5-4-6-14-26)22(2)38-34-39-35(40-41(32)34)46-21-25-12-8-10-16-28(25)37/h7-12,15-19,26,32H,3-6,13-14,20-21H2,1-2H3,(H,38,39,40). The van der Waals surface area contributed by atoms with Gasteiger partial charge in [0, 0.05) is 27.1 Å². The number of thioether (sulfide) groups is 1. The number of aromatic nitrogens is 3. The Bertz CT molecular complexity index is 1740. The summed E-state index contributed by atoms with van der Waals surface area (Å²) in [4.78, 5) is 18.7. The fourth-order valence-electron chi connectivity index (χ4n) is 5.77. The van der Waals surface area contributed by atoms with Crippen molar-refractivity contribution in [2.75, 3.05) is 11.9 Å². The molecule has 8 nitrogen and oxygen atoms in total. The quantitative estimate of drug-likeness (QED) is 0.124. The lowest BCUT2D eigenvalue weighted by Gasteiger charge is -2.30. The maximum atomic E-state index is 13.9. The number of fused-ring (bicyclic) bond motifs is 1. The lowest BCUT2D eigenvalue weighted by atomic mass is 9.94. The third kappa shape index (κ3) is 7.32. The largest absolute Gasteiger partial charge is 0.490 e. The number of rotatable bonds is 11. The second kappa shape index (κ2) is 14.8. The molecule has 240 valence electrons. The topological polar surface area (TPSA) is 87.5 Å². The molecule has 4 aromatic rings. The highest BCUT2D eigenvalue weighted by molar-refractivity contribution is 7.98. The molecule has 11 heteroatoms. The Kier molecular flexibility index (Phi) is 10.4. The van der Waals surface area contributed by atoms with Gasteiger partial charge < -0.3 is 19.5 Å². The Morgan fingerprint density at radius 2 is 1.67 bits per heavy atom. The second-order valence-electron chi connectivity index (χ2n) is 11.3. The summed E-state index contributed by atoms with van der Waals surface area (Å²) in [6.07, 6.45) is 4.94. The van der Waals surface area contributed by atoms with E-state index in [1.807, 2.05) is 80.6 Å². The Balaban J connectivity index is 1.34. The number of halogens is 2. The van der Waals surface area contributed by atoms with E-state index < -0.39 is 6.04 Å². The van der Waals surface area contributed by atoms with Crippen LogP contribution in [0.2, 0.25) is 10.0 Å². The molecule has 0 amide bonds. The van der Waals surface area contributed by atoms with Crippen LogP contribution < -0.4 is 14.8 Å². The zero-order chi connectivity index (χ0) is 32.0. The van der Waals surface area contributed by atoms with Crippen LogP contribution in [0.25, 0.3) is 0 Å². The van der Waals surface area contributed by atoms with Gasteiger partial charge >= 0.3 is 5.97 Å². The summed E-state index contributed by atoms with van der Waals surface area (Å²) in [5.41, 5.74) is 3.81. The molecule has 3 aromatic carbocycles. The number of ether oxygens (including phenoxy) is 3. The predicted molar refractivity (Wildman–Crippen MR) is 182 cm³/mol. The summed E-state index contributed by atoms with van der Waals surface area (Å²) >= 11 is 14.3. The molecule has 0 bridgehead atoms. The van der Waals surface area contributed by atoms with Gasteiger partial charge in [-0.15, -0.1) is 5.10 Å². The van der Waals surface area contributed by atoms with Crippen molar-refractivity contribution in [1.29, 1.82) is 0 Å². The van der Waals surface area contributed by atoms with Crippen molar-refractivity contribution in [3.8, 4) is 11.5 Å². The van der Waals surface area contributed by atoms with Crippen LogP contribution in [0.3, 0.4) is 0 Å². The molecule has 1 aliphatic heterocycles. The van der Waals surface area contributed by atoms with Crippen molar-refractivity contribution >= 4 is 46.9 Å². The molecule has 1 N–H and O–H groups in total. The molecule has 2 heterocycles. The molecule has 46 heavy (non-hydrogen) atoms. The van der Waals surface area contributed by atoms with Gasteiger partial charge in [0.25, 0.3) is 0 Å². The van der Waals surface area contributed by atoms with Crippen molar-refractivity contribution in [3.05, 3.63) is 105 Å². The third-order valence-corrected chi connectivity index (χ3v) is 9.74. The van der Waals surface area contributed by atoms with Gasteiger partial charge in [0.2, 0.25) is 11.1 Å². The minimum atomic E-state index is -0.605. The summed E-state index contributed by atoms with van der Waals surface area (Å²) < 4.78 is 20.1. The van der Waals surface area contributed by atoms with Gasteiger partial charge in [-0.3, -0.25) is 0 Å². The smallest absolute Gasteiger partial charge is 0.338 e. The van der Waals surface area contributed by atoms with Gasteiger partial charge in [0.05, 0.1) is 12.2 Å². The van der Waals surface area contributed by atoms with Crippen molar-refractivity contribution in [2.45, 2.75) is 75.6 Å². The number of carbonyl (C=O) groups excluding carboxylic acids is 1. The summed E-state index contributed by atoms with van der Waals surface area (Å²) in [6.45, 7) is 4.51. The van der Waals surface area contributed by atoms with Gasteiger partial charge in [-0.25, -0.2) is 9.48 Å². The van der Waals surface area contributed by atoms with E-state index in [1.54, 1.807) is 4.68 Å². The van der Waals surface area contributed by atoms with Crippen LogP contribution in [0.5, 0.6) is 11.5 Å². The van der Waals surface area contributed by atoms with E-state index in [0.717, 1.165) is 42.4 Å². The lowest BCUT2D eigenvalue weighted by molar-refractivity contribution is -0.146. The molecule has 1 aromatic heterocycles. The van der Waals surface area contributed by atoms with E-state index in [0.29, 0.717) is 56.3 Å². The zero-order valence-electron chi connectivity index (χ0n) is 25.8. The molecule has 6 rings (SSSR count). The first kappa shape index (κ1) is 32.3. The average molecular weight is 680 g/mol. The van der Waals surface area contributed by atoms with E-state index in [2.05, 4.69) is 5.32 Å². The van der Waals surface area contributed by atoms with E-state index in [4.69, 9.17) is 47.5 Å². The molecule has 1 atom stereocenters. The highest BCUT2D eigenvalue weighted by atomic mass is 35.5. The van der Waals surface area contributed by atoms with Gasteiger partial charge in [-0.1, -0.05) is 83.8 Å². The van der Waals surface area contributed by atoms with Crippen LogP contribution in [0.4, 0.5) is 5.95 Å². The normalized spacial score (nSPS) is 16.5. The predicted octanol–water partition coefficient (Wildman–Crippen LogP) is 9.02. The van der Waals surface area contributed by atoms with Gasteiger partial charge in [0.15, 0.2) is 11.5 Å². The molecule has 1 fully saturated rings. The van der Waals surface area contributed by atoms with Crippen molar-refractivity contribution in [1.82, 2.24) is 14.8 Å². The molecule has 0 radical (unpaired) electrons. The maximum Gasteiger partial charge on any atom is 0.338 e. The second-order valence-corrected chi connectivity index (χ2v) is 13.1. The first-order valence-electron chi connectivity index (χ1n) is 15.6. The molecule has 1 saturated carbocycles. The van der Waals surface area contributed by atoms with E-state index in [-0.39, 0.29) is 18.7 Å². The minimum Gasteiger partial charge on any atom is -0.490 e. The molecular formula is C35H36Cl2N4O4S. The maximum absolute atomic E-state index is 13.9. The van der Waals surface area contributed by atoms with E-state index >= 15 is 0 Å². The molecule has 1 aliphatic carbocycles.